The van der Waals surface area contributed by atoms with Gasteiger partial charge in [-0.15, -0.1) is 0 Å². The third-order valence-electron chi connectivity index (χ3n) is 6.48. The Morgan fingerprint density at radius 3 is 2.39 bits per heavy atom. The van der Waals surface area contributed by atoms with Crippen molar-refractivity contribution in [2.75, 3.05) is 32.7 Å². The third-order valence-corrected chi connectivity index (χ3v) is 6.48. The molecule has 3 aromatic rings. The van der Waals surface area contributed by atoms with Crippen LogP contribution in [-0.4, -0.2) is 65.4 Å². The van der Waals surface area contributed by atoms with Gasteiger partial charge in [-0.05, 0) is 23.6 Å². The number of H-pyrrole nitrogens is 1. The highest BCUT2D eigenvalue weighted by molar-refractivity contribution is 5.90. The van der Waals surface area contributed by atoms with Crippen molar-refractivity contribution in [3.8, 4) is 0 Å². The number of para-hydroxylation sites is 1. The number of aromatic amines is 1. The van der Waals surface area contributed by atoms with Gasteiger partial charge in [-0.25, -0.2) is 0 Å². The summed E-state index contributed by atoms with van der Waals surface area (Å²) in [6, 6.07) is 18.0. The highest BCUT2D eigenvalue weighted by atomic mass is 16.2. The fourth-order valence-electron chi connectivity index (χ4n) is 4.40. The van der Waals surface area contributed by atoms with E-state index in [1.807, 2.05) is 49.2 Å². The first-order valence-corrected chi connectivity index (χ1v) is 11.9. The molecule has 4 rings (SSSR count). The van der Waals surface area contributed by atoms with Crippen LogP contribution in [0.4, 0.5) is 0 Å². The number of nitrogens with one attached hydrogen (secondary N) is 2. The first-order valence-electron chi connectivity index (χ1n) is 11.9. The number of hydrogen-bond donors (Lipinski definition) is 2. The fourth-order valence-corrected chi connectivity index (χ4v) is 4.40. The van der Waals surface area contributed by atoms with E-state index >= 15 is 0 Å². The van der Waals surface area contributed by atoms with Crippen LogP contribution in [0.3, 0.4) is 0 Å². The Morgan fingerprint density at radius 1 is 0.970 bits per heavy atom. The molecule has 174 valence electrons. The number of nitrogens with zero attached hydrogens (tertiary/aromatic N) is 2. The summed E-state index contributed by atoms with van der Waals surface area (Å²) in [6.07, 6.45) is 3.45. The molecule has 1 aliphatic rings. The molecule has 0 bridgehead atoms. The SMILES string of the molecule is CC(C)C(=O)NC(Cc1c[nH]c2ccccc12)C(=O)N1CCN(CCc2ccccc2)CC1. The molecule has 0 saturated carbocycles. The molecule has 1 atom stereocenters. The van der Waals surface area contributed by atoms with Crippen molar-refractivity contribution in [2.45, 2.75) is 32.7 Å². The highest BCUT2D eigenvalue weighted by Gasteiger charge is 2.30. The number of carbonyl (C=O) groups is 2. The summed E-state index contributed by atoms with van der Waals surface area (Å²) < 4.78 is 0. The number of fused-ring (bicyclic) bond motifs is 1. The Morgan fingerprint density at radius 2 is 1.67 bits per heavy atom. The zero-order valence-electron chi connectivity index (χ0n) is 19.6. The predicted octanol–water partition coefficient (Wildman–Crippen LogP) is 3.24. The minimum Gasteiger partial charge on any atom is -0.361 e. The lowest BCUT2D eigenvalue weighted by molar-refractivity contribution is -0.138. The molecule has 2 aromatic carbocycles. The molecule has 6 heteroatoms. The molecule has 0 spiro atoms. The Kier molecular flexibility index (Phi) is 7.45. The van der Waals surface area contributed by atoms with Crippen LogP contribution >= 0.6 is 0 Å². The maximum Gasteiger partial charge on any atom is 0.245 e. The summed E-state index contributed by atoms with van der Waals surface area (Å²) in [4.78, 5) is 33.6. The van der Waals surface area contributed by atoms with Crippen molar-refractivity contribution in [2.24, 2.45) is 5.92 Å². The van der Waals surface area contributed by atoms with Gasteiger partial charge in [-0.2, -0.15) is 0 Å². The summed E-state index contributed by atoms with van der Waals surface area (Å²) >= 11 is 0. The molecule has 2 heterocycles. The highest BCUT2D eigenvalue weighted by Crippen LogP contribution is 2.20. The van der Waals surface area contributed by atoms with E-state index < -0.39 is 6.04 Å². The minimum atomic E-state index is -0.560. The quantitative estimate of drug-likeness (QED) is 0.558. The van der Waals surface area contributed by atoms with Crippen LogP contribution < -0.4 is 5.32 Å². The van der Waals surface area contributed by atoms with Crippen molar-refractivity contribution in [3.63, 3.8) is 0 Å². The molecule has 0 aliphatic carbocycles. The summed E-state index contributed by atoms with van der Waals surface area (Å²) in [5, 5.41) is 4.11. The van der Waals surface area contributed by atoms with E-state index in [-0.39, 0.29) is 17.7 Å². The molecule has 33 heavy (non-hydrogen) atoms. The van der Waals surface area contributed by atoms with Gasteiger partial charge in [0.2, 0.25) is 11.8 Å². The van der Waals surface area contributed by atoms with Crippen LogP contribution in [0.15, 0.2) is 60.8 Å². The van der Waals surface area contributed by atoms with Crippen LogP contribution in [-0.2, 0) is 22.4 Å². The van der Waals surface area contributed by atoms with E-state index in [4.69, 9.17) is 0 Å². The van der Waals surface area contributed by atoms with Gasteiger partial charge < -0.3 is 15.2 Å². The van der Waals surface area contributed by atoms with Gasteiger partial charge in [0.15, 0.2) is 0 Å². The van der Waals surface area contributed by atoms with Gasteiger partial charge in [0, 0.05) is 62.2 Å². The van der Waals surface area contributed by atoms with Crippen LogP contribution in [0.5, 0.6) is 0 Å². The minimum absolute atomic E-state index is 0.0111. The van der Waals surface area contributed by atoms with Gasteiger partial charge >= 0.3 is 0 Å². The number of amides is 2. The second-order valence-corrected chi connectivity index (χ2v) is 9.18. The van der Waals surface area contributed by atoms with Gasteiger partial charge in [-0.3, -0.25) is 14.5 Å². The van der Waals surface area contributed by atoms with Gasteiger partial charge in [0.1, 0.15) is 6.04 Å². The zero-order chi connectivity index (χ0) is 23.2. The van der Waals surface area contributed by atoms with Crippen molar-refractivity contribution >= 4 is 22.7 Å². The Hall–Kier alpha value is -3.12. The van der Waals surface area contributed by atoms with Crippen LogP contribution in [0.25, 0.3) is 10.9 Å². The number of hydrogen-bond acceptors (Lipinski definition) is 3. The number of benzene rings is 2. The maximum absolute atomic E-state index is 13.5. The van der Waals surface area contributed by atoms with Crippen molar-refractivity contribution < 1.29 is 9.59 Å². The summed E-state index contributed by atoms with van der Waals surface area (Å²) in [7, 11) is 0. The fraction of sp³-hybridized carbons (Fsp3) is 0.407. The lowest BCUT2D eigenvalue weighted by Crippen LogP contribution is -2.56. The average Bonchev–Trinajstić information content (AvgIpc) is 3.25. The summed E-state index contributed by atoms with van der Waals surface area (Å²) in [6.45, 7) is 7.80. The first-order chi connectivity index (χ1) is 16.0. The molecule has 1 aliphatic heterocycles. The lowest BCUT2D eigenvalue weighted by Gasteiger charge is -2.36. The molecule has 1 fully saturated rings. The molecular weight excluding hydrogens is 412 g/mol. The van der Waals surface area contributed by atoms with E-state index in [0.717, 1.165) is 42.5 Å². The first kappa shape index (κ1) is 23.1. The maximum atomic E-state index is 13.5. The molecule has 1 aromatic heterocycles. The van der Waals surface area contributed by atoms with Gasteiger partial charge in [0.25, 0.3) is 0 Å². The molecule has 0 radical (unpaired) electrons. The second kappa shape index (κ2) is 10.7. The smallest absolute Gasteiger partial charge is 0.245 e. The third kappa shape index (κ3) is 5.82. The van der Waals surface area contributed by atoms with Crippen LogP contribution in [0, 0.1) is 5.92 Å². The van der Waals surface area contributed by atoms with E-state index in [0.29, 0.717) is 19.5 Å². The topological polar surface area (TPSA) is 68.4 Å². The van der Waals surface area contributed by atoms with E-state index in [9.17, 15) is 9.59 Å². The van der Waals surface area contributed by atoms with Gasteiger partial charge in [-0.1, -0.05) is 62.4 Å². The standard InChI is InChI=1S/C27H34N4O2/c1-20(2)26(32)29-25(18-22-19-28-24-11-7-6-10-23(22)24)27(33)31-16-14-30(15-17-31)13-12-21-8-4-3-5-9-21/h3-11,19-20,25,28H,12-18H2,1-2H3,(H,29,32). The van der Waals surface area contributed by atoms with E-state index in [2.05, 4.69) is 45.5 Å². The van der Waals surface area contributed by atoms with Crippen molar-refractivity contribution in [3.05, 3.63) is 71.9 Å². The van der Waals surface area contributed by atoms with E-state index in [1.54, 1.807) is 0 Å². The number of aromatic nitrogens is 1. The molecular formula is C27H34N4O2. The van der Waals surface area contributed by atoms with E-state index in [1.165, 1.54) is 5.56 Å². The Labute approximate surface area is 196 Å². The zero-order valence-corrected chi connectivity index (χ0v) is 19.6. The number of rotatable bonds is 8. The normalized spacial score (nSPS) is 15.7. The molecule has 2 amide bonds. The predicted molar refractivity (Wildman–Crippen MR) is 132 cm³/mol. The Bertz CT molecular complexity index is 1070. The van der Waals surface area contributed by atoms with Crippen molar-refractivity contribution in [1.29, 1.82) is 0 Å². The van der Waals surface area contributed by atoms with Crippen LogP contribution in [0.2, 0.25) is 0 Å². The van der Waals surface area contributed by atoms with Crippen LogP contribution in [0.1, 0.15) is 25.0 Å². The number of carbonyl (C=O) groups excluding carboxylic acids is 2. The molecule has 1 saturated heterocycles. The summed E-state index contributed by atoms with van der Waals surface area (Å²) in [5.74, 6) is -0.246. The van der Waals surface area contributed by atoms with Gasteiger partial charge in [0.05, 0.1) is 0 Å². The Balaban J connectivity index is 1.39. The molecule has 2 N–H and O–H groups in total. The monoisotopic (exact) mass is 446 g/mol. The van der Waals surface area contributed by atoms with Crippen molar-refractivity contribution in [1.82, 2.24) is 20.1 Å². The average molecular weight is 447 g/mol. The lowest BCUT2D eigenvalue weighted by atomic mass is 10.0. The number of piperazine rings is 1. The largest absolute Gasteiger partial charge is 0.361 e. The summed E-state index contributed by atoms with van der Waals surface area (Å²) in [5.41, 5.74) is 3.43. The molecule has 1 unspecified atom stereocenters. The second-order valence-electron chi connectivity index (χ2n) is 9.18. The molecule has 6 nitrogen and oxygen atoms in total.